The Kier molecular flexibility index (Phi) is 5.33. The molecule has 1 aromatic heterocycles. The van der Waals surface area contributed by atoms with Gasteiger partial charge in [-0.25, -0.2) is 0 Å². The van der Waals surface area contributed by atoms with Gasteiger partial charge in [0, 0.05) is 12.4 Å². The van der Waals surface area contributed by atoms with Gasteiger partial charge in [0.2, 0.25) is 0 Å². The highest BCUT2D eigenvalue weighted by molar-refractivity contribution is 7.08. The predicted molar refractivity (Wildman–Crippen MR) is 70.7 cm³/mol. The zero-order valence-electron chi connectivity index (χ0n) is 10.4. The molecule has 4 nitrogen and oxygen atoms in total. The summed E-state index contributed by atoms with van der Waals surface area (Å²) in [6, 6.07) is 0. The lowest BCUT2D eigenvalue weighted by atomic mass is 9.90. The molecule has 0 saturated heterocycles. The number of rotatable bonds is 6. The molecule has 0 unspecified atom stereocenters. The Bertz CT molecular complexity index is 379. The Morgan fingerprint density at radius 3 is 2.82 bits per heavy atom. The molecule has 0 radical (unpaired) electrons. The molecule has 1 aromatic rings. The van der Waals surface area contributed by atoms with Gasteiger partial charge in [0.25, 0.3) is 5.91 Å². The largest absolute Gasteiger partial charge is 0.351 e. The average molecular weight is 276 g/mol. The van der Waals surface area contributed by atoms with Crippen LogP contribution < -0.4 is 5.32 Å². The maximum Gasteiger partial charge on any atom is 0.264 e. The standard InChI is InChI=1S/C11H18ClN3OS/c1-4-8-9(17-15-14-8)10(16)13-7-11(2,3)5-6-12/h4-7H2,1-3H3,(H,13,16). The first-order chi connectivity index (χ1) is 8.00. The van der Waals surface area contributed by atoms with E-state index in [0.717, 1.165) is 30.1 Å². The van der Waals surface area contributed by atoms with Crippen molar-refractivity contribution in [3.8, 4) is 0 Å². The molecule has 96 valence electrons. The van der Waals surface area contributed by atoms with Gasteiger partial charge in [-0.05, 0) is 29.8 Å². The zero-order valence-corrected chi connectivity index (χ0v) is 12.0. The smallest absolute Gasteiger partial charge is 0.264 e. The first-order valence-electron chi connectivity index (χ1n) is 5.65. The van der Waals surface area contributed by atoms with E-state index >= 15 is 0 Å². The molecule has 6 heteroatoms. The van der Waals surface area contributed by atoms with Crippen molar-refractivity contribution in [3.63, 3.8) is 0 Å². The minimum absolute atomic E-state index is 0.0158. The molecule has 1 rings (SSSR count). The Morgan fingerprint density at radius 1 is 1.53 bits per heavy atom. The number of carbonyl (C=O) groups is 1. The third-order valence-corrected chi connectivity index (χ3v) is 3.55. The Labute approximate surface area is 111 Å². The van der Waals surface area contributed by atoms with E-state index in [9.17, 15) is 4.79 Å². The lowest BCUT2D eigenvalue weighted by Crippen LogP contribution is -2.34. The summed E-state index contributed by atoms with van der Waals surface area (Å²) in [5.41, 5.74) is 0.782. The average Bonchev–Trinajstić information content (AvgIpc) is 2.74. The normalized spacial score (nSPS) is 11.5. The number of halogens is 1. The van der Waals surface area contributed by atoms with E-state index in [1.54, 1.807) is 0 Å². The topological polar surface area (TPSA) is 54.9 Å². The molecular weight excluding hydrogens is 258 g/mol. The van der Waals surface area contributed by atoms with E-state index in [2.05, 4.69) is 28.8 Å². The van der Waals surface area contributed by atoms with Crippen LogP contribution in [-0.4, -0.2) is 27.9 Å². The van der Waals surface area contributed by atoms with Crippen LogP contribution in [0.25, 0.3) is 0 Å². The Morgan fingerprint density at radius 2 is 2.24 bits per heavy atom. The zero-order chi connectivity index (χ0) is 12.9. The van der Waals surface area contributed by atoms with E-state index in [0.29, 0.717) is 17.3 Å². The van der Waals surface area contributed by atoms with Crippen LogP contribution in [-0.2, 0) is 6.42 Å². The Hall–Kier alpha value is -0.680. The highest BCUT2D eigenvalue weighted by Crippen LogP contribution is 2.20. The fourth-order valence-corrected chi connectivity index (χ4v) is 2.53. The van der Waals surface area contributed by atoms with E-state index in [1.165, 1.54) is 0 Å². The summed E-state index contributed by atoms with van der Waals surface area (Å²) in [5.74, 6) is 0.519. The van der Waals surface area contributed by atoms with Crippen molar-refractivity contribution in [2.24, 2.45) is 5.41 Å². The monoisotopic (exact) mass is 275 g/mol. The van der Waals surface area contributed by atoms with Crippen LogP contribution in [0.5, 0.6) is 0 Å². The number of hydrogen-bond acceptors (Lipinski definition) is 4. The van der Waals surface area contributed by atoms with E-state index in [-0.39, 0.29) is 11.3 Å². The molecule has 0 aliphatic carbocycles. The maximum absolute atomic E-state index is 11.9. The summed E-state index contributed by atoms with van der Waals surface area (Å²) in [5, 5.41) is 6.84. The number of amides is 1. The molecule has 0 saturated carbocycles. The Balaban J connectivity index is 2.56. The molecule has 0 fully saturated rings. The molecule has 0 atom stereocenters. The van der Waals surface area contributed by atoms with Crippen LogP contribution in [0.15, 0.2) is 0 Å². The van der Waals surface area contributed by atoms with Gasteiger partial charge in [-0.2, -0.15) is 0 Å². The van der Waals surface area contributed by atoms with Crippen molar-refractivity contribution in [1.29, 1.82) is 0 Å². The molecule has 0 aliphatic rings. The molecule has 0 aromatic carbocycles. The lowest BCUT2D eigenvalue weighted by Gasteiger charge is -2.23. The fraction of sp³-hybridized carbons (Fsp3) is 0.727. The molecule has 1 amide bonds. The number of hydrogen-bond donors (Lipinski definition) is 1. The van der Waals surface area contributed by atoms with Gasteiger partial charge in [0.1, 0.15) is 4.88 Å². The number of nitrogens with zero attached hydrogens (tertiary/aromatic N) is 2. The van der Waals surface area contributed by atoms with Crippen LogP contribution in [0.1, 0.15) is 42.6 Å². The van der Waals surface area contributed by atoms with Gasteiger partial charge in [-0.3, -0.25) is 4.79 Å². The highest BCUT2D eigenvalue weighted by Gasteiger charge is 2.20. The van der Waals surface area contributed by atoms with Crippen molar-refractivity contribution >= 4 is 29.0 Å². The molecule has 1 N–H and O–H groups in total. The van der Waals surface area contributed by atoms with Crippen LogP contribution >= 0.6 is 23.1 Å². The van der Waals surface area contributed by atoms with Crippen molar-refractivity contribution in [1.82, 2.24) is 14.9 Å². The first kappa shape index (κ1) is 14.4. The molecule has 17 heavy (non-hydrogen) atoms. The number of alkyl halides is 1. The van der Waals surface area contributed by atoms with Crippen molar-refractivity contribution in [2.75, 3.05) is 12.4 Å². The number of nitrogens with one attached hydrogen (secondary N) is 1. The van der Waals surface area contributed by atoms with E-state index < -0.39 is 0 Å². The summed E-state index contributed by atoms with van der Waals surface area (Å²) in [6.45, 7) is 6.74. The summed E-state index contributed by atoms with van der Waals surface area (Å²) in [7, 11) is 0. The van der Waals surface area contributed by atoms with Crippen LogP contribution in [0, 0.1) is 5.41 Å². The maximum atomic E-state index is 11.9. The second-order valence-corrected chi connectivity index (χ2v) is 5.82. The first-order valence-corrected chi connectivity index (χ1v) is 6.96. The van der Waals surface area contributed by atoms with Gasteiger partial charge in [0.05, 0.1) is 5.69 Å². The second kappa shape index (κ2) is 6.31. The van der Waals surface area contributed by atoms with Gasteiger partial charge >= 0.3 is 0 Å². The highest BCUT2D eigenvalue weighted by atomic mass is 35.5. The summed E-state index contributed by atoms with van der Waals surface area (Å²) in [4.78, 5) is 12.5. The minimum Gasteiger partial charge on any atom is -0.351 e. The second-order valence-electron chi connectivity index (χ2n) is 4.69. The molecule has 1 heterocycles. The lowest BCUT2D eigenvalue weighted by molar-refractivity contribution is 0.0939. The fourth-order valence-electron chi connectivity index (χ4n) is 1.36. The molecule has 0 bridgehead atoms. The van der Waals surface area contributed by atoms with E-state index in [1.807, 2.05) is 6.92 Å². The van der Waals surface area contributed by atoms with E-state index in [4.69, 9.17) is 11.6 Å². The summed E-state index contributed by atoms with van der Waals surface area (Å²) < 4.78 is 3.80. The van der Waals surface area contributed by atoms with Gasteiger partial charge in [-0.1, -0.05) is 25.3 Å². The summed E-state index contributed by atoms with van der Waals surface area (Å²) in [6.07, 6.45) is 1.60. The summed E-state index contributed by atoms with van der Waals surface area (Å²) >= 11 is 6.86. The van der Waals surface area contributed by atoms with Crippen molar-refractivity contribution in [2.45, 2.75) is 33.6 Å². The van der Waals surface area contributed by atoms with Gasteiger partial charge in [0.15, 0.2) is 0 Å². The third-order valence-electron chi connectivity index (χ3n) is 2.60. The molecule has 0 aliphatic heterocycles. The van der Waals surface area contributed by atoms with Crippen molar-refractivity contribution < 1.29 is 4.79 Å². The van der Waals surface area contributed by atoms with Crippen molar-refractivity contribution in [3.05, 3.63) is 10.6 Å². The van der Waals surface area contributed by atoms with Crippen LogP contribution in [0.2, 0.25) is 0 Å². The molecular formula is C11H18ClN3OS. The van der Waals surface area contributed by atoms with Gasteiger partial charge < -0.3 is 5.32 Å². The number of aromatic nitrogens is 2. The predicted octanol–water partition coefficient (Wildman–Crippen LogP) is 2.49. The van der Waals surface area contributed by atoms with Crippen LogP contribution in [0.4, 0.5) is 0 Å². The number of carbonyl (C=O) groups excluding carboxylic acids is 1. The van der Waals surface area contributed by atoms with Gasteiger partial charge in [-0.15, -0.1) is 16.7 Å². The third kappa shape index (κ3) is 4.24. The number of aryl methyl sites for hydroxylation is 1. The quantitative estimate of drug-likeness (QED) is 0.812. The minimum atomic E-state index is -0.0838. The molecule has 0 spiro atoms. The SMILES string of the molecule is CCc1nnsc1C(=O)NCC(C)(C)CCCl. The van der Waals surface area contributed by atoms with Crippen LogP contribution in [0.3, 0.4) is 0 Å².